The smallest absolute Gasteiger partial charge is 0.338 e. The maximum Gasteiger partial charge on any atom is 0.338 e. The quantitative estimate of drug-likeness (QED) is 0.124. The molecule has 0 amide bonds. The molecule has 6 N–H and O–H groups in total. The van der Waals surface area contributed by atoms with Gasteiger partial charge in [0.15, 0.2) is 35.2 Å². The van der Waals surface area contributed by atoms with E-state index in [1.54, 1.807) is 36.8 Å². The minimum absolute atomic E-state index is 0.0137. The van der Waals surface area contributed by atoms with Gasteiger partial charge in [0, 0.05) is 36.8 Å². The van der Waals surface area contributed by atoms with Crippen LogP contribution in [0.4, 0.5) is 0 Å². The predicted molar refractivity (Wildman–Crippen MR) is 221 cm³/mol. The molecule has 0 saturated carbocycles. The number of aromatic hydroxyl groups is 3. The molecule has 3 aromatic carbocycles. The van der Waals surface area contributed by atoms with Crippen molar-refractivity contribution in [1.82, 2.24) is 0 Å². The Bertz CT molecular complexity index is 2210. The molecule has 10 atom stereocenters. The maximum absolute atomic E-state index is 13.0. The van der Waals surface area contributed by atoms with Crippen LogP contribution >= 0.6 is 0 Å². The lowest BCUT2D eigenvalue weighted by atomic mass is 9.85. The normalized spacial score (nSPS) is 27.4. The van der Waals surface area contributed by atoms with Crippen molar-refractivity contribution < 1.29 is 78.1 Å². The summed E-state index contributed by atoms with van der Waals surface area (Å²) < 4.78 is 42.8. The molecule has 0 saturated heterocycles. The van der Waals surface area contributed by atoms with Crippen LogP contribution in [-0.2, 0) is 18.9 Å². The number of fused-ring (bicyclic) bond motifs is 3. The largest absolute Gasteiger partial charge is 0.508 e. The second-order valence-corrected chi connectivity index (χ2v) is 15.1. The molecule has 62 heavy (non-hydrogen) atoms. The van der Waals surface area contributed by atoms with Crippen molar-refractivity contribution in [2.45, 2.75) is 50.5 Å². The molecule has 8 rings (SSSR count). The zero-order valence-electron chi connectivity index (χ0n) is 35.0. The summed E-state index contributed by atoms with van der Waals surface area (Å²) in [6.45, 7) is 4.04. The molecule has 4 unspecified atom stereocenters. The lowest BCUT2D eigenvalue weighted by Crippen LogP contribution is -2.37. The molecule has 332 valence electrons. The van der Waals surface area contributed by atoms with Crippen LogP contribution in [0.3, 0.4) is 0 Å². The van der Waals surface area contributed by atoms with E-state index in [1.165, 1.54) is 64.8 Å². The summed E-state index contributed by atoms with van der Waals surface area (Å²) >= 11 is 0. The first-order valence-electron chi connectivity index (χ1n) is 19.8. The standard InChI is InChI=1S/C19H20O8.C17H18O5.C10H14O3/c1-23-11-6-5-9(7-10(11)20)17-19(26-4)16(22)14-12(27-17)8-13(24-2)18(25-3)15(14)21;1-10-16-12(8-15(19)14(16)6-7-21-10)9-22-17(20)11-2-4-13(18)5-3-11;1-6-10-7(5-11)4-9(12)8(10)2-3-13-6/h5-8,17,19-21H,1-4H3;2-8,10,14-16,18-19H,9H2,1H3;2-4,6,8-12H,5H2,1H3/t;10-,14-,15?,16+;6-,8-,9?,10+/m.00/s1. The minimum Gasteiger partial charge on any atom is -0.508 e. The lowest BCUT2D eigenvalue weighted by Gasteiger charge is -2.32. The summed E-state index contributed by atoms with van der Waals surface area (Å²) in [5.74, 6) is -0.413. The number of benzene rings is 3. The van der Waals surface area contributed by atoms with Gasteiger partial charge in [-0.1, -0.05) is 18.2 Å². The molecule has 0 aromatic heterocycles. The molecule has 0 bridgehead atoms. The van der Waals surface area contributed by atoms with E-state index in [-0.39, 0.29) is 89.2 Å². The number of phenolic OH excluding ortho intramolecular Hbond substituents is 3. The summed E-state index contributed by atoms with van der Waals surface area (Å²) in [4.78, 5) is 25.0. The summed E-state index contributed by atoms with van der Waals surface area (Å²) in [5.41, 5.74) is 2.61. The topological polar surface area (TPSA) is 229 Å². The molecule has 3 heterocycles. The number of carbonyl (C=O) groups is 2. The van der Waals surface area contributed by atoms with Gasteiger partial charge in [-0.05, 0) is 79.1 Å². The zero-order valence-corrected chi connectivity index (χ0v) is 35.0. The number of rotatable bonds is 9. The van der Waals surface area contributed by atoms with E-state index in [0.717, 1.165) is 11.1 Å². The molecule has 0 radical (unpaired) electrons. The maximum atomic E-state index is 13.0. The molecule has 0 fully saturated rings. The van der Waals surface area contributed by atoms with Crippen molar-refractivity contribution in [2.75, 3.05) is 41.7 Å². The van der Waals surface area contributed by atoms with Crippen LogP contribution in [0.1, 0.15) is 46.2 Å². The molecular formula is C46H52O16. The Labute approximate surface area is 358 Å². The predicted octanol–water partition coefficient (Wildman–Crippen LogP) is 4.91. The van der Waals surface area contributed by atoms with Crippen molar-refractivity contribution >= 4 is 11.8 Å². The Morgan fingerprint density at radius 2 is 1.35 bits per heavy atom. The van der Waals surface area contributed by atoms with Gasteiger partial charge in [-0.2, -0.15) is 0 Å². The second-order valence-electron chi connectivity index (χ2n) is 15.1. The highest BCUT2D eigenvalue weighted by molar-refractivity contribution is 6.06. The van der Waals surface area contributed by atoms with Crippen molar-refractivity contribution in [3.05, 3.63) is 113 Å². The van der Waals surface area contributed by atoms with Crippen LogP contribution in [0.25, 0.3) is 0 Å². The molecule has 3 aliphatic heterocycles. The Balaban J connectivity index is 0.000000164. The Hall–Kier alpha value is -6.20. The first-order valence-corrected chi connectivity index (χ1v) is 19.8. The van der Waals surface area contributed by atoms with Crippen molar-refractivity contribution in [3.63, 3.8) is 0 Å². The minimum atomic E-state index is -1.03. The van der Waals surface area contributed by atoms with Crippen LogP contribution in [0.5, 0.6) is 40.2 Å². The first-order chi connectivity index (χ1) is 29.8. The van der Waals surface area contributed by atoms with Gasteiger partial charge in [0.1, 0.15) is 35.9 Å². The number of hydrogen-bond donors (Lipinski definition) is 6. The van der Waals surface area contributed by atoms with Crippen LogP contribution in [0.15, 0.2) is 96.5 Å². The number of phenols is 3. The number of hydrogen-bond acceptors (Lipinski definition) is 16. The van der Waals surface area contributed by atoms with Crippen LogP contribution < -0.4 is 18.9 Å². The van der Waals surface area contributed by atoms with E-state index in [1.807, 2.05) is 26.0 Å². The van der Waals surface area contributed by atoms with Gasteiger partial charge in [-0.25, -0.2) is 4.79 Å². The van der Waals surface area contributed by atoms with Gasteiger partial charge in [-0.3, -0.25) is 4.79 Å². The van der Waals surface area contributed by atoms with Crippen molar-refractivity contribution in [2.24, 2.45) is 23.7 Å². The number of ether oxygens (including phenoxy) is 8. The zero-order chi connectivity index (χ0) is 44.8. The van der Waals surface area contributed by atoms with Crippen LogP contribution in [-0.4, -0.2) is 115 Å². The Morgan fingerprint density at radius 1 is 0.758 bits per heavy atom. The highest BCUT2D eigenvalue weighted by atomic mass is 16.6. The molecule has 5 aliphatic rings. The fourth-order valence-corrected chi connectivity index (χ4v) is 8.44. The number of ketones is 1. The number of esters is 1. The Morgan fingerprint density at radius 3 is 1.90 bits per heavy atom. The lowest BCUT2D eigenvalue weighted by molar-refractivity contribution is -0.00127. The van der Waals surface area contributed by atoms with E-state index >= 15 is 0 Å². The first kappa shape index (κ1) is 45.3. The van der Waals surface area contributed by atoms with E-state index in [0.29, 0.717) is 16.9 Å². The van der Waals surface area contributed by atoms with Crippen LogP contribution in [0.2, 0.25) is 0 Å². The van der Waals surface area contributed by atoms with Gasteiger partial charge in [0.25, 0.3) is 0 Å². The van der Waals surface area contributed by atoms with E-state index in [4.69, 9.17) is 43.0 Å². The highest BCUT2D eigenvalue weighted by Crippen LogP contribution is 2.50. The summed E-state index contributed by atoms with van der Waals surface area (Å²) in [5, 5.41) is 58.6. The summed E-state index contributed by atoms with van der Waals surface area (Å²) in [6.07, 6.45) is 7.53. The summed E-state index contributed by atoms with van der Waals surface area (Å²) in [7, 11) is 5.57. The number of Topliss-reactive ketones (excluding diaryl/α,β-unsaturated/α-hetero) is 1. The molecule has 3 aromatic rings. The van der Waals surface area contributed by atoms with E-state index in [9.17, 15) is 35.1 Å². The molecular weight excluding hydrogens is 808 g/mol. The third kappa shape index (κ3) is 9.18. The van der Waals surface area contributed by atoms with Gasteiger partial charge < -0.3 is 68.5 Å². The monoisotopic (exact) mass is 860 g/mol. The van der Waals surface area contributed by atoms with Gasteiger partial charge in [0.2, 0.25) is 11.5 Å². The molecule has 0 spiro atoms. The molecule has 2 aliphatic carbocycles. The third-order valence-corrected chi connectivity index (χ3v) is 11.5. The average Bonchev–Trinajstić information content (AvgIpc) is 3.79. The molecule has 16 heteroatoms. The van der Waals surface area contributed by atoms with E-state index < -0.39 is 36.2 Å². The van der Waals surface area contributed by atoms with Crippen molar-refractivity contribution in [3.8, 4) is 40.2 Å². The number of methoxy groups -OCH3 is 4. The average molecular weight is 861 g/mol. The van der Waals surface area contributed by atoms with Gasteiger partial charge in [0.05, 0.1) is 58.2 Å². The Kier molecular flexibility index (Phi) is 14.4. The van der Waals surface area contributed by atoms with Gasteiger partial charge >= 0.3 is 5.97 Å². The fourth-order valence-electron chi connectivity index (χ4n) is 8.44. The second kappa shape index (κ2) is 19.7. The fraction of sp³-hybridized carbons (Fsp3) is 0.391. The third-order valence-electron chi connectivity index (χ3n) is 11.5. The molecule has 16 nitrogen and oxygen atoms in total. The van der Waals surface area contributed by atoms with Crippen LogP contribution in [0, 0.1) is 23.7 Å². The highest BCUT2D eigenvalue weighted by Gasteiger charge is 2.43. The number of carbonyl (C=O) groups excluding carboxylic acids is 2. The van der Waals surface area contributed by atoms with E-state index in [2.05, 4.69) is 0 Å². The summed E-state index contributed by atoms with van der Waals surface area (Å²) in [6, 6.07) is 12.0. The van der Waals surface area contributed by atoms with Gasteiger partial charge in [-0.15, -0.1) is 0 Å². The number of aliphatic hydroxyl groups excluding tert-OH is 3. The van der Waals surface area contributed by atoms with Crippen molar-refractivity contribution in [1.29, 1.82) is 0 Å². The SMILES string of the molecule is COc1ccc(C2Oc3cc(OC)c(OC)c(O)c3C(=O)C2OC)cc1O.C[C@@H]1OC=C[C@H]2C(O)C=C(CO)[C@@H]12.C[C@@H]1OC=C[C@H]2C(O)C=C(COC(=O)c3ccc(O)cc3)[C@@H]12. The number of aliphatic hydroxyl groups is 3.